The van der Waals surface area contributed by atoms with Crippen molar-refractivity contribution in [2.24, 2.45) is 0 Å². The van der Waals surface area contributed by atoms with Gasteiger partial charge in [-0.15, -0.1) is 0 Å². The Morgan fingerprint density at radius 2 is 1.52 bits per heavy atom. The van der Waals surface area contributed by atoms with Gasteiger partial charge in [-0.1, -0.05) is 67.6 Å². The zero-order chi connectivity index (χ0) is 15.2. The molecule has 0 aliphatic rings. The van der Waals surface area contributed by atoms with Crippen LogP contribution in [0.25, 0.3) is 0 Å². The zero-order valence-corrected chi connectivity index (χ0v) is 13.3. The molecule has 0 unspecified atom stereocenters. The third-order valence-electron chi connectivity index (χ3n) is 2.80. The summed E-state index contributed by atoms with van der Waals surface area (Å²) in [6.45, 7) is 2.90. The minimum atomic E-state index is 0.716. The van der Waals surface area contributed by atoms with E-state index in [2.05, 4.69) is 42.6 Å². The lowest BCUT2D eigenvalue weighted by Crippen LogP contribution is -2.14. The molecule has 0 radical (unpaired) electrons. The Morgan fingerprint density at radius 1 is 0.952 bits per heavy atom. The van der Waals surface area contributed by atoms with E-state index < -0.39 is 0 Å². The molecule has 0 aromatic heterocycles. The molecule has 0 bridgehead atoms. The van der Waals surface area contributed by atoms with Crippen molar-refractivity contribution in [2.75, 3.05) is 12.3 Å². The predicted octanol–water partition coefficient (Wildman–Crippen LogP) is 3.91. The summed E-state index contributed by atoms with van der Waals surface area (Å²) in [7, 11) is 0. The van der Waals surface area contributed by atoms with Crippen LogP contribution in [0.5, 0.6) is 0 Å². The van der Waals surface area contributed by atoms with Gasteiger partial charge >= 0.3 is 0 Å². The molecule has 0 saturated heterocycles. The van der Waals surface area contributed by atoms with Gasteiger partial charge in [0.05, 0.1) is 0 Å². The van der Waals surface area contributed by atoms with Crippen LogP contribution in [0.15, 0.2) is 60.7 Å². The fourth-order valence-electron chi connectivity index (χ4n) is 1.71. The van der Waals surface area contributed by atoms with Crippen LogP contribution in [0.1, 0.15) is 18.1 Å². The van der Waals surface area contributed by atoms with Gasteiger partial charge in [-0.2, -0.15) is 11.8 Å². The summed E-state index contributed by atoms with van der Waals surface area (Å²) in [4.78, 5) is 9.88. The van der Waals surface area contributed by atoms with Gasteiger partial charge in [-0.05, 0) is 23.3 Å². The molecule has 2 aromatic rings. The maximum Gasteiger partial charge on any atom is 0.207 e. The first kappa shape index (κ1) is 17.3. The quantitative estimate of drug-likeness (QED) is 0.620. The van der Waals surface area contributed by atoms with E-state index in [-0.39, 0.29) is 0 Å². The summed E-state index contributed by atoms with van der Waals surface area (Å²) in [5.74, 6) is 2.35. The Balaban J connectivity index is 0.000000211. The van der Waals surface area contributed by atoms with E-state index in [9.17, 15) is 4.79 Å². The second-order valence-electron chi connectivity index (χ2n) is 4.43. The SMILES string of the molecule is CCSCc1ccccc1.O=CNCCc1ccccc1. The van der Waals surface area contributed by atoms with Crippen LogP contribution in [0, 0.1) is 0 Å². The van der Waals surface area contributed by atoms with Crippen LogP contribution in [0.2, 0.25) is 0 Å². The number of benzene rings is 2. The second kappa shape index (κ2) is 12.0. The normalized spacial score (nSPS) is 9.38. The fraction of sp³-hybridized carbons (Fsp3) is 0.278. The highest BCUT2D eigenvalue weighted by molar-refractivity contribution is 7.98. The van der Waals surface area contributed by atoms with Gasteiger partial charge < -0.3 is 5.32 Å². The maximum absolute atomic E-state index is 9.88. The Kier molecular flexibility index (Phi) is 9.92. The number of rotatable bonds is 7. The summed E-state index contributed by atoms with van der Waals surface area (Å²) >= 11 is 1.96. The molecule has 0 fully saturated rings. The van der Waals surface area contributed by atoms with Gasteiger partial charge in [0, 0.05) is 12.3 Å². The number of carbonyl (C=O) groups excluding carboxylic acids is 1. The van der Waals surface area contributed by atoms with E-state index in [0.717, 1.165) is 18.6 Å². The van der Waals surface area contributed by atoms with Gasteiger partial charge in [0.1, 0.15) is 0 Å². The molecule has 1 N–H and O–H groups in total. The number of hydrogen-bond acceptors (Lipinski definition) is 2. The smallest absolute Gasteiger partial charge is 0.207 e. The topological polar surface area (TPSA) is 29.1 Å². The molecule has 0 saturated carbocycles. The highest BCUT2D eigenvalue weighted by Crippen LogP contribution is 2.10. The van der Waals surface area contributed by atoms with Crippen LogP contribution < -0.4 is 5.32 Å². The highest BCUT2D eigenvalue weighted by Gasteiger charge is 1.88. The largest absolute Gasteiger partial charge is 0.358 e. The van der Waals surface area contributed by atoms with Gasteiger partial charge in [-0.3, -0.25) is 4.79 Å². The second-order valence-corrected chi connectivity index (χ2v) is 5.70. The molecule has 1 amide bonds. The molecule has 0 aliphatic heterocycles. The van der Waals surface area contributed by atoms with E-state index in [4.69, 9.17) is 0 Å². The third-order valence-corrected chi connectivity index (χ3v) is 3.75. The molecule has 112 valence electrons. The lowest BCUT2D eigenvalue weighted by Gasteiger charge is -1.98. The van der Waals surface area contributed by atoms with Crippen molar-refractivity contribution in [1.82, 2.24) is 5.32 Å². The Bertz CT molecular complexity index is 473. The Hall–Kier alpha value is -1.74. The van der Waals surface area contributed by atoms with Crippen LogP contribution in [-0.4, -0.2) is 18.7 Å². The minimum Gasteiger partial charge on any atom is -0.358 e. The highest BCUT2D eigenvalue weighted by atomic mass is 32.2. The molecule has 2 rings (SSSR count). The van der Waals surface area contributed by atoms with Crippen LogP contribution in [0.3, 0.4) is 0 Å². The number of nitrogens with one attached hydrogen (secondary N) is 1. The lowest BCUT2D eigenvalue weighted by molar-refractivity contribution is -0.109. The standard InChI is InChI=1S/C9H11NO.C9H12S/c11-8-10-7-6-9-4-2-1-3-5-9;1-2-10-8-9-6-4-3-5-7-9/h1-5,8H,6-7H2,(H,10,11);3-7H,2,8H2,1H3. The van der Waals surface area contributed by atoms with Crippen LogP contribution >= 0.6 is 11.8 Å². The molecule has 2 aromatic carbocycles. The molecule has 3 heteroatoms. The predicted molar refractivity (Wildman–Crippen MR) is 92.5 cm³/mol. The number of carbonyl (C=O) groups is 1. The number of thioether (sulfide) groups is 1. The first-order chi connectivity index (χ1) is 10.4. The van der Waals surface area contributed by atoms with Gasteiger partial charge in [0.25, 0.3) is 0 Å². The molecule has 0 aliphatic carbocycles. The first-order valence-electron chi connectivity index (χ1n) is 7.19. The van der Waals surface area contributed by atoms with Crippen LogP contribution in [0.4, 0.5) is 0 Å². The van der Waals surface area contributed by atoms with E-state index >= 15 is 0 Å². The van der Waals surface area contributed by atoms with E-state index in [1.165, 1.54) is 16.9 Å². The molecular formula is C18H23NOS. The molecule has 21 heavy (non-hydrogen) atoms. The minimum absolute atomic E-state index is 0.716. The van der Waals surface area contributed by atoms with E-state index in [1.807, 2.05) is 42.1 Å². The van der Waals surface area contributed by atoms with Crippen LogP contribution in [-0.2, 0) is 17.0 Å². The van der Waals surface area contributed by atoms with Crippen molar-refractivity contribution >= 4 is 18.2 Å². The van der Waals surface area contributed by atoms with Crippen molar-refractivity contribution in [3.63, 3.8) is 0 Å². The molecule has 0 atom stereocenters. The molecule has 0 spiro atoms. The van der Waals surface area contributed by atoms with Crippen molar-refractivity contribution < 1.29 is 4.79 Å². The zero-order valence-electron chi connectivity index (χ0n) is 12.5. The Morgan fingerprint density at radius 3 is 2.05 bits per heavy atom. The average molecular weight is 301 g/mol. The summed E-state index contributed by atoms with van der Waals surface area (Å²) in [6, 6.07) is 20.6. The van der Waals surface area contributed by atoms with Crippen molar-refractivity contribution in [2.45, 2.75) is 19.1 Å². The summed E-state index contributed by atoms with van der Waals surface area (Å²) in [5.41, 5.74) is 2.68. The summed E-state index contributed by atoms with van der Waals surface area (Å²) < 4.78 is 0. The van der Waals surface area contributed by atoms with E-state index in [0.29, 0.717) is 6.54 Å². The molecule has 2 nitrogen and oxygen atoms in total. The molecular weight excluding hydrogens is 278 g/mol. The summed E-state index contributed by atoms with van der Waals surface area (Å²) in [5, 5.41) is 2.62. The lowest BCUT2D eigenvalue weighted by atomic mass is 10.2. The van der Waals surface area contributed by atoms with Crippen molar-refractivity contribution in [3.8, 4) is 0 Å². The van der Waals surface area contributed by atoms with Gasteiger partial charge in [0.2, 0.25) is 6.41 Å². The average Bonchev–Trinajstić information content (AvgIpc) is 2.56. The van der Waals surface area contributed by atoms with Gasteiger partial charge in [0.15, 0.2) is 0 Å². The fourth-order valence-corrected chi connectivity index (χ4v) is 2.35. The summed E-state index contributed by atoms with van der Waals surface area (Å²) in [6.07, 6.45) is 1.63. The number of hydrogen-bond donors (Lipinski definition) is 1. The van der Waals surface area contributed by atoms with Gasteiger partial charge in [-0.25, -0.2) is 0 Å². The van der Waals surface area contributed by atoms with Crippen molar-refractivity contribution in [3.05, 3.63) is 71.8 Å². The van der Waals surface area contributed by atoms with Crippen molar-refractivity contribution in [1.29, 1.82) is 0 Å². The third kappa shape index (κ3) is 8.92. The maximum atomic E-state index is 9.88. The Labute approximate surface area is 132 Å². The first-order valence-corrected chi connectivity index (χ1v) is 8.35. The van der Waals surface area contributed by atoms with E-state index in [1.54, 1.807) is 0 Å². The molecule has 0 heterocycles. The number of amides is 1. The monoisotopic (exact) mass is 301 g/mol.